The molecule has 0 spiro atoms. The van der Waals surface area contributed by atoms with E-state index in [1.54, 1.807) is 32.3 Å². The number of rotatable bonds is 6. The zero-order valence-corrected chi connectivity index (χ0v) is 16.0. The number of amides is 1. The van der Waals surface area contributed by atoms with E-state index in [2.05, 4.69) is 19.9 Å². The fourth-order valence-electron chi connectivity index (χ4n) is 2.89. The molecule has 0 radical (unpaired) electrons. The second kappa shape index (κ2) is 7.71. The molecule has 1 aliphatic heterocycles. The monoisotopic (exact) mass is 382 g/mol. The van der Waals surface area contributed by atoms with E-state index in [0.717, 1.165) is 5.56 Å². The van der Waals surface area contributed by atoms with E-state index in [1.165, 1.54) is 17.3 Å². The standard InChI is InChI=1S/C19H22N6O3/c1-4-28-16-11-22-13(10-23-16)14(26)7-12-5-6-21-15(8-12)19(2)9-17(27)25(3)18(20)24-19/h5-6,8,10-11H,4,7,9H2,1-3H3,(H2,20,24). The highest BCUT2D eigenvalue weighted by Gasteiger charge is 2.37. The summed E-state index contributed by atoms with van der Waals surface area (Å²) in [5, 5.41) is 0. The minimum atomic E-state index is -0.869. The average Bonchev–Trinajstić information content (AvgIpc) is 2.67. The van der Waals surface area contributed by atoms with Crippen LogP contribution in [0.5, 0.6) is 5.88 Å². The topological polar surface area (TPSA) is 124 Å². The summed E-state index contributed by atoms with van der Waals surface area (Å²) in [4.78, 5) is 43.0. The first-order chi connectivity index (χ1) is 13.3. The van der Waals surface area contributed by atoms with Crippen molar-refractivity contribution in [3.8, 4) is 5.88 Å². The lowest BCUT2D eigenvalue weighted by atomic mass is 9.90. The molecule has 0 saturated heterocycles. The van der Waals surface area contributed by atoms with E-state index in [-0.39, 0.29) is 36.2 Å². The van der Waals surface area contributed by atoms with Gasteiger partial charge >= 0.3 is 0 Å². The Hall–Kier alpha value is -3.36. The summed E-state index contributed by atoms with van der Waals surface area (Å²) in [6.07, 6.45) is 4.70. The van der Waals surface area contributed by atoms with Crippen LogP contribution in [0.4, 0.5) is 0 Å². The van der Waals surface area contributed by atoms with Crippen molar-refractivity contribution in [1.82, 2.24) is 19.9 Å². The number of aliphatic imine (C=N–C) groups is 1. The molecule has 28 heavy (non-hydrogen) atoms. The van der Waals surface area contributed by atoms with Crippen LogP contribution in [0.1, 0.15) is 42.0 Å². The van der Waals surface area contributed by atoms with Crippen molar-refractivity contribution in [2.75, 3.05) is 13.7 Å². The smallest absolute Gasteiger partial charge is 0.232 e. The van der Waals surface area contributed by atoms with Gasteiger partial charge in [-0.15, -0.1) is 0 Å². The number of ketones is 1. The number of carbonyl (C=O) groups is 2. The molecule has 1 aliphatic rings. The molecule has 146 valence electrons. The Morgan fingerprint density at radius 1 is 1.32 bits per heavy atom. The summed E-state index contributed by atoms with van der Waals surface area (Å²) in [5.74, 6) is 0.204. The maximum absolute atomic E-state index is 12.5. The first-order valence-electron chi connectivity index (χ1n) is 8.87. The second-order valence-corrected chi connectivity index (χ2v) is 6.70. The summed E-state index contributed by atoms with van der Waals surface area (Å²) >= 11 is 0. The maximum Gasteiger partial charge on any atom is 0.232 e. The van der Waals surface area contributed by atoms with Crippen molar-refractivity contribution >= 4 is 17.6 Å². The minimum Gasteiger partial charge on any atom is -0.477 e. The summed E-state index contributed by atoms with van der Waals surface area (Å²) < 4.78 is 5.23. The third-order valence-corrected chi connectivity index (χ3v) is 4.52. The van der Waals surface area contributed by atoms with E-state index in [9.17, 15) is 9.59 Å². The van der Waals surface area contributed by atoms with Gasteiger partial charge in [-0.3, -0.25) is 19.5 Å². The van der Waals surface area contributed by atoms with Crippen LogP contribution in [0, 0.1) is 0 Å². The second-order valence-electron chi connectivity index (χ2n) is 6.70. The highest BCUT2D eigenvalue weighted by molar-refractivity contribution is 5.98. The largest absolute Gasteiger partial charge is 0.477 e. The van der Waals surface area contributed by atoms with Crippen molar-refractivity contribution < 1.29 is 14.3 Å². The van der Waals surface area contributed by atoms with Gasteiger partial charge in [0.15, 0.2) is 11.7 Å². The fraction of sp³-hybridized carbons (Fsp3) is 0.368. The molecule has 2 N–H and O–H groups in total. The normalized spacial score (nSPS) is 19.3. The predicted octanol–water partition coefficient (Wildman–Crippen LogP) is 1.09. The number of nitrogens with zero attached hydrogens (tertiary/aromatic N) is 5. The SMILES string of the molecule is CCOc1cnc(C(=O)Cc2ccnc(C3(C)CC(=O)N(C)C(N)=N3)c2)cn1. The molecule has 9 nitrogen and oxygen atoms in total. The molecule has 2 aromatic heterocycles. The van der Waals surface area contributed by atoms with Gasteiger partial charge in [-0.25, -0.2) is 15.0 Å². The summed E-state index contributed by atoms with van der Waals surface area (Å²) in [6, 6.07) is 3.52. The van der Waals surface area contributed by atoms with Gasteiger partial charge in [-0.05, 0) is 31.5 Å². The Labute approximate surface area is 162 Å². The van der Waals surface area contributed by atoms with Crippen LogP contribution < -0.4 is 10.5 Å². The quantitative estimate of drug-likeness (QED) is 0.742. The lowest BCUT2D eigenvalue weighted by Crippen LogP contribution is -2.47. The molecule has 0 aliphatic carbocycles. The molecule has 3 rings (SSSR count). The molecule has 1 unspecified atom stereocenters. The van der Waals surface area contributed by atoms with Gasteiger partial charge in [0.1, 0.15) is 11.2 Å². The van der Waals surface area contributed by atoms with Crippen molar-refractivity contribution in [3.63, 3.8) is 0 Å². The van der Waals surface area contributed by atoms with Gasteiger partial charge in [-0.1, -0.05) is 0 Å². The minimum absolute atomic E-state index is 0.126. The third kappa shape index (κ3) is 3.98. The van der Waals surface area contributed by atoms with Crippen LogP contribution in [0.3, 0.4) is 0 Å². The predicted molar refractivity (Wildman–Crippen MR) is 102 cm³/mol. The van der Waals surface area contributed by atoms with Crippen LogP contribution in [-0.2, 0) is 16.8 Å². The Bertz CT molecular complexity index is 928. The van der Waals surface area contributed by atoms with Gasteiger partial charge < -0.3 is 10.5 Å². The van der Waals surface area contributed by atoms with E-state index >= 15 is 0 Å². The van der Waals surface area contributed by atoms with Gasteiger partial charge in [0, 0.05) is 19.7 Å². The van der Waals surface area contributed by atoms with Crippen LogP contribution >= 0.6 is 0 Å². The molecule has 0 fully saturated rings. The van der Waals surface area contributed by atoms with Crippen molar-refractivity contribution in [2.24, 2.45) is 10.7 Å². The summed E-state index contributed by atoms with van der Waals surface area (Å²) in [7, 11) is 1.58. The maximum atomic E-state index is 12.5. The van der Waals surface area contributed by atoms with E-state index < -0.39 is 5.54 Å². The number of nitrogens with two attached hydrogens (primary N) is 1. The molecule has 2 aromatic rings. The highest BCUT2D eigenvalue weighted by Crippen LogP contribution is 2.31. The molecule has 0 aromatic carbocycles. The van der Waals surface area contributed by atoms with Gasteiger partial charge in [0.25, 0.3) is 0 Å². The Balaban J connectivity index is 1.80. The number of hydrogen-bond donors (Lipinski definition) is 1. The van der Waals surface area contributed by atoms with E-state index in [0.29, 0.717) is 18.2 Å². The van der Waals surface area contributed by atoms with Crippen molar-refractivity contribution in [1.29, 1.82) is 0 Å². The van der Waals surface area contributed by atoms with Crippen molar-refractivity contribution in [3.05, 3.63) is 47.7 Å². The van der Waals surface area contributed by atoms with Gasteiger partial charge in [0.2, 0.25) is 11.8 Å². The third-order valence-electron chi connectivity index (χ3n) is 4.52. The van der Waals surface area contributed by atoms with Crippen molar-refractivity contribution in [2.45, 2.75) is 32.2 Å². The van der Waals surface area contributed by atoms with Crippen LogP contribution in [-0.4, -0.2) is 51.2 Å². The van der Waals surface area contributed by atoms with E-state index in [1.807, 2.05) is 6.92 Å². The Morgan fingerprint density at radius 3 is 2.75 bits per heavy atom. The molecule has 0 saturated carbocycles. The molecule has 1 amide bonds. The number of carbonyl (C=O) groups excluding carboxylic acids is 2. The van der Waals surface area contributed by atoms with Crippen LogP contribution in [0.2, 0.25) is 0 Å². The first kappa shape index (κ1) is 19.4. The highest BCUT2D eigenvalue weighted by atomic mass is 16.5. The molecular weight excluding hydrogens is 360 g/mol. The molecule has 3 heterocycles. The lowest BCUT2D eigenvalue weighted by molar-refractivity contribution is -0.128. The number of ether oxygens (including phenoxy) is 1. The molecule has 0 bridgehead atoms. The number of guanidine groups is 1. The zero-order valence-electron chi connectivity index (χ0n) is 16.0. The lowest BCUT2D eigenvalue weighted by Gasteiger charge is -2.32. The van der Waals surface area contributed by atoms with E-state index in [4.69, 9.17) is 10.5 Å². The summed E-state index contributed by atoms with van der Waals surface area (Å²) in [6.45, 7) is 4.13. The number of aromatic nitrogens is 3. The number of pyridine rings is 1. The van der Waals surface area contributed by atoms with Gasteiger partial charge in [-0.2, -0.15) is 0 Å². The number of Topliss-reactive ketones (excluding diaryl/α,β-unsaturated/α-hetero) is 1. The fourth-order valence-corrected chi connectivity index (χ4v) is 2.89. The zero-order chi connectivity index (χ0) is 20.3. The molecule has 9 heteroatoms. The summed E-state index contributed by atoms with van der Waals surface area (Å²) in [5.41, 5.74) is 6.57. The number of hydrogen-bond acceptors (Lipinski definition) is 8. The van der Waals surface area contributed by atoms with Crippen LogP contribution in [0.25, 0.3) is 0 Å². The van der Waals surface area contributed by atoms with Gasteiger partial charge in [0.05, 0.1) is 31.1 Å². The Kier molecular flexibility index (Phi) is 5.34. The molecular formula is C19H22N6O3. The first-order valence-corrected chi connectivity index (χ1v) is 8.87. The molecule has 1 atom stereocenters. The Morgan fingerprint density at radius 2 is 2.11 bits per heavy atom. The van der Waals surface area contributed by atoms with Crippen LogP contribution in [0.15, 0.2) is 35.7 Å². The average molecular weight is 382 g/mol.